The molecule has 0 amide bonds. The van der Waals surface area contributed by atoms with Crippen LogP contribution in [0, 0.1) is 0 Å². The number of aromatic nitrogens is 2. The van der Waals surface area contributed by atoms with Crippen molar-refractivity contribution >= 4 is 10.9 Å². The summed E-state index contributed by atoms with van der Waals surface area (Å²) in [6.07, 6.45) is 0.912. The molecule has 4 rings (SSSR count). The van der Waals surface area contributed by atoms with Gasteiger partial charge in [-0.3, -0.25) is 9.69 Å². The van der Waals surface area contributed by atoms with Crippen molar-refractivity contribution in [3.8, 4) is 0 Å². The van der Waals surface area contributed by atoms with E-state index in [9.17, 15) is 4.79 Å². The number of rotatable bonds is 4. The SMILES string of the molecule is CC1CN(CCc2nc3ccccc3c(=O)[nH]2)C(c2ccccc2)CO1. The van der Waals surface area contributed by atoms with Gasteiger partial charge in [0.15, 0.2) is 0 Å². The maximum absolute atomic E-state index is 12.3. The third-order valence-electron chi connectivity index (χ3n) is 4.95. The minimum atomic E-state index is -0.0689. The van der Waals surface area contributed by atoms with Gasteiger partial charge in [0, 0.05) is 19.5 Å². The topological polar surface area (TPSA) is 58.2 Å². The fourth-order valence-corrected chi connectivity index (χ4v) is 3.60. The number of morpholine rings is 1. The number of nitrogens with zero attached hydrogens (tertiary/aromatic N) is 2. The highest BCUT2D eigenvalue weighted by Crippen LogP contribution is 2.26. The second-order valence-electron chi connectivity index (χ2n) is 6.85. The standard InChI is InChI=1S/C21H23N3O2/c1-15-13-24(19(14-26-15)16-7-3-2-4-8-16)12-11-20-22-18-10-6-5-9-17(18)21(25)23-20/h2-10,15,19H,11-14H2,1H3,(H,22,23,25). The molecular formula is C21H23N3O2. The number of para-hydroxylation sites is 1. The predicted molar refractivity (Wildman–Crippen MR) is 102 cm³/mol. The minimum absolute atomic E-state index is 0.0689. The molecule has 2 unspecified atom stereocenters. The predicted octanol–water partition coefficient (Wildman–Crippen LogP) is 2.93. The zero-order valence-corrected chi connectivity index (χ0v) is 14.9. The molecule has 1 aromatic heterocycles. The van der Waals surface area contributed by atoms with Crippen molar-refractivity contribution in [3.63, 3.8) is 0 Å². The van der Waals surface area contributed by atoms with E-state index in [0.717, 1.165) is 24.4 Å². The van der Waals surface area contributed by atoms with Crippen molar-refractivity contribution < 1.29 is 4.74 Å². The van der Waals surface area contributed by atoms with Crippen LogP contribution >= 0.6 is 0 Å². The number of benzene rings is 2. The summed E-state index contributed by atoms with van der Waals surface area (Å²) < 4.78 is 5.89. The fourth-order valence-electron chi connectivity index (χ4n) is 3.60. The highest BCUT2D eigenvalue weighted by molar-refractivity contribution is 5.77. The lowest BCUT2D eigenvalue weighted by atomic mass is 10.0. The van der Waals surface area contributed by atoms with Crippen molar-refractivity contribution in [2.45, 2.75) is 25.5 Å². The van der Waals surface area contributed by atoms with E-state index in [-0.39, 0.29) is 17.7 Å². The van der Waals surface area contributed by atoms with Crippen LogP contribution in [0.5, 0.6) is 0 Å². The Bertz CT molecular complexity index is 939. The second-order valence-corrected chi connectivity index (χ2v) is 6.85. The summed E-state index contributed by atoms with van der Waals surface area (Å²) in [5, 5.41) is 0.637. The number of nitrogens with one attached hydrogen (secondary N) is 1. The number of fused-ring (bicyclic) bond motifs is 1. The Labute approximate surface area is 152 Å². The molecule has 1 aliphatic heterocycles. The van der Waals surface area contributed by atoms with Crippen LogP contribution in [-0.4, -0.2) is 40.7 Å². The highest BCUT2D eigenvalue weighted by atomic mass is 16.5. The van der Waals surface area contributed by atoms with Crippen LogP contribution in [0.15, 0.2) is 59.4 Å². The Morgan fingerprint density at radius 1 is 1.15 bits per heavy atom. The maximum Gasteiger partial charge on any atom is 0.258 e. The monoisotopic (exact) mass is 349 g/mol. The first-order chi connectivity index (χ1) is 12.7. The third-order valence-corrected chi connectivity index (χ3v) is 4.95. The van der Waals surface area contributed by atoms with Crippen LogP contribution < -0.4 is 5.56 Å². The normalized spacial score (nSPS) is 21.1. The van der Waals surface area contributed by atoms with E-state index in [0.29, 0.717) is 18.4 Å². The van der Waals surface area contributed by atoms with Crippen LogP contribution in [0.25, 0.3) is 10.9 Å². The molecule has 1 N–H and O–H groups in total. The lowest BCUT2D eigenvalue weighted by molar-refractivity contribution is -0.0559. The first-order valence-corrected chi connectivity index (χ1v) is 9.09. The van der Waals surface area contributed by atoms with Gasteiger partial charge < -0.3 is 9.72 Å². The molecule has 2 heterocycles. The molecule has 134 valence electrons. The van der Waals surface area contributed by atoms with Gasteiger partial charge in [-0.05, 0) is 24.6 Å². The lowest BCUT2D eigenvalue weighted by Gasteiger charge is -2.38. The van der Waals surface area contributed by atoms with Gasteiger partial charge in [0.25, 0.3) is 5.56 Å². The summed E-state index contributed by atoms with van der Waals surface area (Å²) in [5.74, 6) is 0.736. The van der Waals surface area contributed by atoms with Crippen molar-refractivity contribution in [1.29, 1.82) is 0 Å². The van der Waals surface area contributed by atoms with E-state index in [1.54, 1.807) is 6.07 Å². The molecule has 1 aliphatic rings. The quantitative estimate of drug-likeness (QED) is 0.787. The maximum atomic E-state index is 12.3. The Hall–Kier alpha value is -2.50. The lowest BCUT2D eigenvalue weighted by Crippen LogP contribution is -2.44. The Morgan fingerprint density at radius 3 is 2.77 bits per heavy atom. The van der Waals surface area contributed by atoms with Gasteiger partial charge in [-0.2, -0.15) is 0 Å². The van der Waals surface area contributed by atoms with Gasteiger partial charge in [0.2, 0.25) is 0 Å². The van der Waals surface area contributed by atoms with Crippen LogP contribution in [0.3, 0.4) is 0 Å². The number of H-pyrrole nitrogens is 1. The van der Waals surface area contributed by atoms with Gasteiger partial charge in [-0.15, -0.1) is 0 Å². The zero-order chi connectivity index (χ0) is 17.9. The molecule has 0 radical (unpaired) electrons. The number of aromatic amines is 1. The molecule has 1 saturated heterocycles. The van der Waals surface area contributed by atoms with Gasteiger partial charge in [-0.1, -0.05) is 42.5 Å². The summed E-state index contributed by atoms with van der Waals surface area (Å²) >= 11 is 0. The number of ether oxygens (including phenoxy) is 1. The van der Waals surface area contributed by atoms with E-state index >= 15 is 0 Å². The highest BCUT2D eigenvalue weighted by Gasteiger charge is 2.27. The molecule has 0 bridgehead atoms. The molecular weight excluding hydrogens is 326 g/mol. The minimum Gasteiger partial charge on any atom is -0.375 e. The molecule has 26 heavy (non-hydrogen) atoms. The summed E-state index contributed by atoms with van der Waals surface area (Å²) in [5.41, 5.74) is 1.95. The van der Waals surface area contributed by atoms with E-state index < -0.39 is 0 Å². The van der Waals surface area contributed by atoms with E-state index in [2.05, 4.69) is 46.1 Å². The summed E-state index contributed by atoms with van der Waals surface area (Å²) in [6.45, 7) is 4.49. The molecule has 2 atom stereocenters. The van der Waals surface area contributed by atoms with Crippen molar-refractivity contribution in [1.82, 2.24) is 14.9 Å². The molecule has 1 fully saturated rings. The first-order valence-electron chi connectivity index (χ1n) is 9.09. The number of hydrogen-bond acceptors (Lipinski definition) is 4. The average Bonchev–Trinajstić information content (AvgIpc) is 2.67. The largest absolute Gasteiger partial charge is 0.375 e. The second kappa shape index (κ2) is 7.40. The van der Waals surface area contributed by atoms with Crippen LogP contribution in [0.1, 0.15) is 24.4 Å². The summed E-state index contributed by atoms with van der Waals surface area (Å²) in [4.78, 5) is 22.2. The van der Waals surface area contributed by atoms with E-state index in [4.69, 9.17) is 4.74 Å². The van der Waals surface area contributed by atoms with Crippen LogP contribution in [-0.2, 0) is 11.2 Å². The van der Waals surface area contributed by atoms with Crippen molar-refractivity contribution in [2.75, 3.05) is 19.7 Å². The van der Waals surface area contributed by atoms with E-state index in [1.807, 2.05) is 24.3 Å². The first kappa shape index (κ1) is 16.9. The molecule has 5 nitrogen and oxygen atoms in total. The summed E-state index contributed by atoms with van der Waals surface area (Å²) in [7, 11) is 0. The molecule has 0 aliphatic carbocycles. The van der Waals surface area contributed by atoms with Crippen molar-refractivity contribution in [3.05, 3.63) is 76.3 Å². The van der Waals surface area contributed by atoms with Gasteiger partial charge in [0.05, 0.1) is 29.7 Å². The smallest absolute Gasteiger partial charge is 0.258 e. The summed E-state index contributed by atoms with van der Waals surface area (Å²) in [6, 6.07) is 18.1. The Balaban J connectivity index is 1.54. The van der Waals surface area contributed by atoms with Gasteiger partial charge in [0.1, 0.15) is 5.82 Å². The van der Waals surface area contributed by atoms with Gasteiger partial charge >= 0.3 is 0 Å². The Morgan fingerprint density at radius 2 is 1.92 bits per heavy atom. The van der Waals surface area contributed by atoms with Crippen LogP contribution in [0.2, 0.25) is 0 Å². The zero-order valence-electron chi connectivity index (χ0n) is 14.9. The van der Waals surface area contributed by atoms with E-state index in [1.165, 1.54) is 5.56 Å². The molecule has 5 heteroatoms. The molecule has 0 saturated carbocycles. The fraction of sp³-hybridized carbons (Fsp3) is 0.333. The third kappa shape index (κ3) is 3.54. The Kier molecular flexibility index (Phi) is 4.82. The van der Waals surface area contributed by atoms with Gasteiger partial charge in [-0.25, -0.2) is 4.98 Å². The van der Waals surface area contributed by atoms with Crippen LogP contribution in [0.4, 0.5) is 0 Å². The molecule has 0 spiro atoms. The number of hydrogen-bond donors (Lipinski definition) is 1. The average molecular weight is 349 g/mol. The molecule has 2 aromatic carbocycles. The molecule has 3 aromatic rings. The van der Waals surface area contributed by atoms with Crippen molar-refractivity contribution in [2.24, 2.45) is 0 Å².